The molecule has 0 saturated carbocycles. The maximum Gasteiger partial charge on any atom is 0.00223 e. The number of nitrogens with one attached hydrogen (secondary N) is 1. The highest BCUT2D eigenvalue weighted by Gasteiger charge is 2.31. The first-order chi connectivity index (χ1) is 7.78. The number of nitrogens with zero attached hydrogens (tertiary/aromatic N) is 1. The molecular weight excluding hydrogens is 196 g/mol. The Balaban J connectivity index is 1.75. The lowest BCUT2D eigenvalue weighted by atomic mass is 9.74. The molecular formula is C14H28N2. The van der Waals surface area contributed by atoms with Crippen molar-refractivity contribution in [2.24, 2.45) is 11.3 Å². The highest BCUT2D eigenvalue weighted by Crippen LogP contribution is 2.38. The van der Waals surface area contributed by atoms with Gasteiger partial charge in [0.25, 0.3) is 0 Å². The third kappa shape index (κ3) is 2.78. The maximum atomic E-state index is 3.47. The van der Waals surface area contributed by atoms with E-state index >= 15 is 0 Å². The Kier molecular flexibility index (Phi) is 4.26. The van der Waals surface area contributed by atoms with E-state index in [1.807, 2.05) is 0 Å². The third-order valence-corrected chi connectivity index (χ3v) is 5.10. The lowest BCUT2D eigenvalue weighted by Gasteiger charge is -2.41. The van der Waals surface area contributed by atoms with E-state index in [0.29, 0.717) is 5.41 Å². The van der Waals surface area contributed by atoms with E-state index in [0.717, 1.165) is 5.92 Å². The molecule has 2 saturated heterocycles. The minimum Gasteiger partial charge on any atom is -0.316 e. The number of hydrogen-bond donors (Lipinski definition) is 1. The summed E-state index contributed by atoms with van der Waals surface area (Å²) in [6.45, 7) is 11.3. The third-order valence-electron chi connectivity index (χ3n) is 5.10. The molecule has 0 bridgehead atoms. The summed E-state index contributed by atoms with van der Waals surface area (Å²) in [7, 11) is 0. The lowest BCUT2D eigenvalue weighted by molar-refractivity contribution is 0.0862. The highest BCUT2D eigenvalue weighted by molar-refractivity contribution is 4.85. The molecule has 1 unspecified atom stereocenters. The molecule has 0 aliphatic carbocycles. The van der Waals surface area contributed by atoms with Gasteiger partial charge in [-0.2, -0.15) is 0 Å². The Hall–Kier alpha value is -0.0800. The molecule has 94 valence electrons. The summed E-state index contributed by atoms with van der Waals surface area (Å²) in [5, 5.41) is 3.47. The van der Waals surface area contributed by atoms with Gasteiger partial charge in [-0.25, -0.2) is 0 Å². The molecule has 2 nitrogen and oxygen atoms in total. The zero-order chi connectivity index (χ0) is 11.4. The van der Waals surface area contributed by atoms with E-state index in [1.165, 1.54) is 64.8 Å². The Bertz CT molecular complexity index is 195. The molecule has 0 aromatic rings. The monoisotopic (exact) mass is 224 g/mol. The largest absolute Gasteiger partial charge is 0.316 e. The highest BCUT2D eigenvalue weighted by atomic mass is 15.1. The first kappa shape index (κ1) is 12.4. The molecule has 0 aromatic heterocycles. The van der Waals surface area contributed by atoms with Crippen molar-refractivity contribution in [2.45, 2.75) is 46.0 Å². The van der Waals surface area contributed by atoms with Gasteiger partial charge in [0, 0.05) is 6.54 Å². The number of likely N-dealkylation sites (tertiary alicyclic amines) is 1. The zero-order valence-electron chi connectivity index (χ0n) is 11.1. The molecule has 1 N–H and O–H groups in total. The second kappa shape index (κ2) is 5.50. The Morgan fingerprint density at radius 1 is 1.19 bits per heavy atom. The number of hydrogen-bond acceptors (Lipinski definition) is 2. The van der Waals surface area contributed by atoms with Crippen molar-refractivity contribution in [1.29, 1.82) is 0 Å². The summed E-state index contributed by atoms with van der Waals surface area (Å²) in [5.41, 5.74) is 0.685. The Labute approximate surface area is 101 Å². The molecule has 2 fully saturated rings. The second-order valence-electron chi connectivity index (χ2n) is 5.87. The van der Waals surface area contributed by atoms with Crippen LogP contribution in [0.15, 0.2) is 0 Å². The van der Waals surface area contributed by atoms with Gasteiger partial charge in [-0.3, -0.25) is 0 Å². The van der Waals surface area contributed by atoms with E-state index in [-0.39, 0.29) is 0 Å². The maximum absolute atomic E-state index is 3.47. The van der Waals surface area contributed by atoms with Crippen molar-refractivity contribution >= 4 is 0 Å². The van der Waals surface area contributed by atoms with Crippen molar-refractivity contribution in [3.8, 4) is 0 Å². The van der Waals surface area contributed by atoms with Crippen LogP contribution < -0.4 is 5.32 Å². The molecule has 0 amide bonds. The molecule has 16 heavy (non-hydrogen) atoms. The number of rotatable bonds is 4. The summed E-state index contributed by atoms with van der Waals surface area (Å²) in [4.78, 5) is 2.71. The van der Waals surface area contributed by atoms with Crippen molar-refractivity contribution < 1.29 is 0 Å². The van der Waals surface area contributed by atoms with Gasteiger partial charge in [0.2, 0.25) is 0 Å². The summed E-state index contributed by atoms with van der Waals surface area (Å²) in [5.74, 6) is 0.927. The van der Waals surface area contributed by atoms with Crippen molar-refractivity contribution in [3.63, 3.8) is 0 Å². The molecule has 2 rings (SSSR count). The van der Waals surface area contributed by atoms with E-state index in [4.69, 9.17) is 0 Å². The van der Waals surface area contributed by atoms with Gasteiger partial charge in [-0.1, -0.05) is 26.7 Å². The summed E-state index contributed by atoms with van der Waals surface area (Å²) >= 11 is 0. The molecule has 2 heterocycles. The Morgan fingerprint density at radius 3 is 2.38 bits per heavy atom. The van der Waals surface area contributed by atoms with Crippen LogP contribution in [-0.2, 0) is 0 Å². The zero-order valence-corrected chi connectivity index (χ0v) is 11.1. The second-order valence-corrected chi connectivity index (χ2v) is 5.87. The first-order valence-corrected chi connectivity index (χ1v) is 7.21. The van der Waals surface area contributed by atoms with Crippen molar-refractivity contribution in [3.05, 3.63) is 0 Å². The summed E-state index contributed by atoms with van der Waals surface area (Å²) < 4.78 is 0. The summed E-state index contributed by atoms with van der Waals surface area (Å²) in [6.07, 6.45) is 7.01. The quantitative estimate of drug-likeness (QED) is 0.789. The molecule has 2 aliphatic rings. The molecule has 0 spiro atoms. The lowest BCUT2D eigenvalue weighted by Crippen LogP contribution is -2.42. The molecule has 2 heteroatoms. The normalized spacial score (nSPS) is 30.8. The van der Waals surface area contributed by atoms with Crippen LogP contribution in [0.3, 0.4) is 0 Å². The first-order valence-electron chi connectivity index (χ1n) is 7.21. The fraction of sp³-hybridized carbons (Fsp3) is 1.00. The van der Waals surface area contributed by atoms with E-state index in [2.05, 4.69) is 24.1 Å². The van der Waals surface area contributed by atoms with Crippen molar-refractivity contribution in [1.82, 2.24) is 10.2 Å². The average molecular weight is 224 g/mol. The SMILES string of the molecule is CCC1(CC)CCN(CC2CCNC2)CC1. The smallest absolute Gasteiger partial charge is 0.00223 e. The summed E-state index contributed by atoms with van der Waals surface area (Å²) in [6, 6.07) is 0. The van der Waals surface area contributed by atoms with E-state index in [1.54, 1.807) is 0 Å². The predicted octanol–water partition coefficient (Wildman–Crippen LogP) is 2.50. The number of piperidine rings is 1. The fourth-order valence-corrected chi connectivity index (χ4v) is 3.40. The molecule has 0 aromatic carbocycles. The minimum atomic E-state index is 0.685. The van der Waals surface area contributed by atoms with Crippen LogP contribution in [0.1, 0.15) is 46.0 Å². The van der Waals surface area contributed by atoms with Crippen molar-refractivity contribution in [2.75, 3.05) is 32.7 Å². The van der Waals surface area contributed by atoms with Gasteiger partial charge in [0.15, 0.2) is 0 Å². The topological polar surface area (TPSA) is 15.3 Å². The van der Waals surface area contributed by atoms with E-state index < -0.39 is 0 Å². The average Bonchev–Trinajstić information content (AvgIpc) is 2.83. The van der Waals surface area contributed by atoms with Crippen LogP contribution in [-0.4, -0.2) is 37.6 Å². The molecule has 0 radical (unpaired) electrons. The van der Waals surface area contributed by atoms with Crippen LogP contribution in [0.25, 0.3) is 0 Å². The van der Waals surface area contributed by atoms with Crippen LogP contribution in [0.5, 0.6) is 0 Å². The fourth-order valence-electron chi connectivity index (χ4n) is 3.40. The van der Waals surface area contributed by atoms with Crippen LogP contribution in [0, 0.1) is 11.3 Å². The van der Waals surface area contributed by atoms with Crippen LogP contribution in [0.4, 0.5) is 0 Å². The predicted molar refractivity (Wildman–Crippen MR) is 69.7 cm³/mol. The van der Waals surface area contributed by atoms with Crippen LogP contribution >= 0.6 is 0 Å². The van der Waals surface area contributed by atoms with Gasteiger partial charge >= 0.3 is 0 Å². The van der Waals surface area contributed by atoms with Gasteiger partial charge in [0.1, 0.15) is 0 Å². The van der Waals surface area contributed by atoms with Gasteiger partial charge in [-0.15, -0.1) is 0 Å². The van der Waals surface area contributed by atoms with Gasteiger partial charge < -0.3 is 10.2 Å². The minimum absolute atomic E-state index is 0.685. The molecule has 2 aliphatic heterocycles. The van der Waals surface area contributed by atoms with Gasteiger partial charge in [-0.05, 0) is 56.8 Å². The van der Waals surface area contributed by atoms with Gasteiger partial charge in [0.05, 0.1) is 0 Å². The van der Waals surface area contributed by atoms with Crippen LogP contribution in [0.2, 0.25) is 0 Å². The van der Waals surface area contributed by atoms with E-state index in [9.17, 15) is 0 Å². The Morgan fingerprint density at radius 2 is 1.88 bits per heavy atom. The molecule has 1 atom stereocenters. The standard InChI is InChI=1S/C14H28N2/c1-3-14(4-2)6-9-16(10-7-14)12-13-5-8-15-11-13/h13,15H,3-12H2,1-2H3.